The van der Waals surface area contributed by atoms with Gasteiger partial charge >= 0.3 is 0 Å². The number of rotatable bonds is 2. The first-order chi connectivity index (χ1) is 7.11. The minimum Gasteiger partial charge on any atom is -0.365 e. The number of aromatic nitrogens is 2. The van der Waals surface area contributed by atoms with Crippen LogP contribution in [-0.4, -0.2) is 15.7 Å². The smallest absolute Gasteiger partial charge is 0.259 e. The molecule has 0 spiro atoms. The van der Waals surface area contributed by atoms with Gasteiger partial charge < -0.3 is 5.73 Å². The first-order valence-electron chi connectivity index (χ1n) is 4.47. The molecule has 0 saturated heterocycles. The van der Waals surface area contributed by atoms with E-state index in [1.54, 1.807) is 10.9 Å². The maximum atomic E-state index is 11.1. The standard InChI is InChI=1S/C10H11N3OS/c1-6-7(5-15-9(6)10(11)14)8-3-4-12-13(8)2/h3-5H,1-2H3,(H2,11,14). The second kappa shape index (κ2) is 3.51. The van der Waals surface area contributed by atoms with Gasteiger partial charge in [0.1, 0.15) is 0 Å². The molecule has 0 fully saturated rings. The van der Waals surface area contributed by atoms with Crippen LogP contribution in [0.5, 0.6) is 0 Å². The van der Waals surface area contributed by atoms with Gasteiger partial charge in [-0.2, -0.15) is 5.10 Å². The number of carbonyl (C=O) groups is 1. The highest BCUT2D eigenvalue weighted by Gasteiger charge is 2.14. The van der Waals surface area contributed by atoms with Crippen molar-refractivity contribution >= 4 is 17.2 Å². The van der Waals surface area contributed by atoms with Gasteiger partial charge in [0.05, 0.1) is 10.6 Å². The zero-order valence-corrected chi connectivity index (χ0v) is 9.34. The van der Waals surface area contributed by atoms with Crippen molar-refractivity contribution in [1.29, 1.82) is 0 Å². The lowest BCUT2D eigenvalue weighted by molar-refractivity contribution is 0.100. The Labute approximate surface area is 91.3 Å². The van der Waals surface area contributed by atoms with Crippen LogP contribution in [0.4, 0.5) is 0 Å². The van der Waals surface area contributed by atoms with Crippen molar-refractivity contribution in [3.05, 3.63) is 28.1 Å². The van der Waals surface area contributed by atoms with E-state index in [9.17, 15) is 4.79 Å². The summed E-state index contributed by atoms with van der Waals surface area (Å²) in [5, 5.41) is 6.03. The molecule has 0 aliphatic heterocycles. The van der Waals surface area contributed by atoms with Crippen molar-refractivity contribution in [2.24, 2.45) is 12.8 Å². The summed E-state index contributed by atoms with van der Waals surface area (Å²) in [4.78, 5) is 11.7. The van der Waals surface area contributed by atoms with E-state index in [2.05, 4.69) is 5.10 Å². The molecule has 2 aromatic heterocycles. The first-order valence-corrected chi connectivity index (χ1v) is 5.35. The minimum absolute atomic E-state index is 0.370. The summed E-state index contributed by atoms with van der Waals surface area (Å²) in [6, 6.07) is 1.92. The Balaban J connectivity index is 2.56. The third-order valence-corrected chi connectivity index (χ3v) is 3.46. The van der Waals surface area contributed by atoms with Gasteiger partial charge in [-0.3, -0.25) is 9.48 Å². The van der Waals surface area contributed by atoms with Crippen LogP contribution in [0.2, 0.25) is 0 Å². The number of primary amides is 1. The molecule has 0 bridgehead atoms. The van der Waals surface area contributed by atoms with E-state index < -0.39 is 0 Å². The van der Waals surface area contributed by atoms with Crippen molar-refractivity contribution in [3.63, 3.8) is 0 Å². The van der Waals surface area contributed by atoms with Crippen LogP contribution in [0.25, 0.3) is 11.3 Å². The predicted molar refractivity (Wildman–Crippen MR) is 59.8 cm³/mol. The molecule has 0 unspecified atom stereocenters. The average Bonchev–Trinajstić information content (AvgIpc) is 2.71. The molecular weight excluding hydrogens is 210 g/mol. The SMILES string of the molecule is Cc1c(-c2ccnn2C)csc1C(N)=O. The van der Waals surface area contributed by atoms with E-state index in [1.807, 2.05) is 25.4 Å². The van der Waals surface area contributed by atoms with Gasteiger partial charge in [0, 0.05) is 24.2 Å². The summed E-state index contributed by atoms with van der Waals surface area (Å²) in [7, 11) is 1.87. The summed E-state index contributed by atoms with van der Waals surface area (Å²) < 4.78 is 1.78. The van der Waals surface area contributed by atoms with Gasteiger partial charge in [0.25, 0.3) is 5.91 Å². The zero-order valence-electron chi connectivity index (χ0n) is 8.52. The molecule has 1 amide bonds. The fourth-order valence-electron chi connectivity index (χ4n) is 1.55. The number of thiophene rings is 1. The first kappa shape index (κ1) is 9.92. The lowest BCUT2D eigenvalue weighted by Gasteiger charge is -2.01. The normalized spacial score (nSPS) is 10.5. The largest absolute Gasteiger partial charge is 0.365 e. The molecule has 0 atom stereocenters. The summed E-state index contributed by atoms with van der Waals surface area (Å²) in [6.45, 7) is 1.90. The van der Waals surface area contributed by atoms with Crippen LogP contribution in [0, 0.1) is 6.92 Å². The molecule has 0 aliphatic rings. The molecule has 0 radical (unpaired) electrons. The maximum absolute atomic E-state index is 11.1. The molecule has 0 aromatic carbocycles. The van der Waals surface area contributed by atoms with Crippen molar-refractivity contribution in [1.82, 2.24) is 9.78 Å². The Kier molecular flexibility index (Phi) is 2.32. The fraction of sp³-hybridized carbons (Fsp3) is 0.200. The summed E-state index contributed by atoms with van der Waals surface area (Å²) in [5.41, 5.74) is 8.21. The molecule has 15 heavy (non-hydrogen) atoms. The van der Waals surface area contributed by atoms with Crippen molar-refractivity contribution in [2.45, 2.75) is 6.92 Å². The fourth-order valence-corrected chi connectivity index (χ4v) is 2.49. The van der Waals surface area contributed by atoms with E-state index in [0.29, 0.717) is 4.88 Å². The number of hydrogen-bond acceptors (Lipinski definition) is 3. The lowest BCUT2D eigenvalue weighted by atomic mass is 10.1. The van der Waals surface area contributed by atoms with Gasteiger partial charge in [-0.1, -0.05) is 0 Å². The molecular formula is C10H11N3OS. The molecule has 4 nitrogen and oxygen atoms in total. The van der Waals surface area contributed by atoms with E-state index in [1.165, 1.54) is 11.3 Å². The summed E-state index contributed by atoms with van der Waals surface area (Å²) >= 11 is 1.38. The quantitative estimate of drug-likeness (QED) is 0.836. The molecule has 2 N–H and O–H groups in total. The van der Waals surface area contributed by atoms with E-state index in [4.69, 9.17) is 5.73 Å². The molecule has 2 heterocycles. The van der Waals surface area contributed by atoms with Gasteiger partial charge in [0.2, 0.25) is 0 Å². The van der Waals surface area contributed by atoms with Gasteiger partial charge in [-0.25, -0.2) is 0 Å². The van der Waals surface area contributed by atoms with Gasteiger partial charge in [0.15, 0.2) is 0 Å². The number of nitrogens with two attached hydrogens (primary N) is 1. The van der Waals surface area contributed by atoms with Crippen molar-refractivity contribution in [3.8, 4) is 11.3 Å². The van der Waals surface area contributed by atoms with Crippen LogP contribution in [0.15, 0.2) is 17.6 Å². The minimum atomic E-state index is -0.370. The molecule has 2 aromatic rings. The maximum Gasteiger partial charge on any atom is 0.259 e. The van der Waals surface area contributed by atoms with Gasteiger partial charge in [-0.15, -0.1) is 11.3 Å². The van der Waals surface area contributed by atoms with Crippen molar-refractivity contribution < 1.29 is 4.79 Å². The number of carbonyl (C=O) groups excluding carboxylic acids is 1. The number of amides is 1. The van der Waals surface area contributed by atoms with E-state index in [0.717, 1.165) is 16.8 Å². The predicted octanol–water partition coefficient (Wildman–Crippen LogP) is 1.56. The Morgan fingerprint density at radius 3 is 2.80 bits per heavy atom. The Morgan fingerprint density at radius 2 is 2.33 bits per heavy atom. The highest BCUT2D eigenvalue weighted by Crippen LogP contribution is 2.30. The topological polar surface area (TPSA) is 60.9 Å². The average molecular weight is 221 g/mol. The number of hydrogen-bond donors (Lipinski definition) is 1. The van der Waals surface area contributed by atoms with Crippen LogP contribution in [0.3, 0.4) is 0 Å². The molecule has 0 saturated carbocycles. The van der Waals surface area contributed by atoms with Crippen LogP contribution in [-0.2, 0) is 7.05 Å². The zero-order chi connectivity index (χ0) is 11.0. The highest BCUT2D eigenvalue weighted by molar-refractivity contribution is 7.12. The van der Waals surface area contributed by atoms with E-state index >= 15 is 0 Å². The van der Waals surface area contributed by atoms with Crippen LogP contribution >= 0.6 is 11.3 Å². The van der Waals surface area contributed by atoms with Crippen molar-refractivity contribution in [2.75, 3.05) is 0 Å². The molecule has 5 heteroatoms. The Bertz CT molecular complexity index is 512. The summed E-state index contributed by atoms with van der Waals surface area (Å²) in [6.07, 6.45) is 1.73. The number of nitrogens with zero attached hydrogens (tertiary/aromatic N) is 2. The second-order valence-corrected chi connectivity index (χ2v) is 4.19. The monoisotopic (exact) mass is 221 g/mol. The third kappa shape index (κ3) is 1.55. The highest BCUT2D eigenvalue weighted by atomic mass is 32.1. The second-order valence-electron chi connectivity index (χ2n) is 3.31. The Morgan fingerprint density at radius 1 is 1.60 bits per heavy atom. The van der Waals surface area contributed by atoms with Crippen LogP contribution < -0.4 is 5.73 Å². The third-order valence-electron chi connectivity index (χ3n) is 2.36. The molecule has 2 rings (SSSR count). The van der Waals surface area contributed by atoms with E-state index in [-0.39, 0.29) is 5.91 Å². The lowest BCUT2D eigenvalue weighted by Crippen LogP contribution is -2.10. The molecule has 0 aliphatic carbocycles. The summed E-state index contributed by atoms with van der Waals surface area (Å²) in [5.74, 6) is -0.370. The van der Waals surface area contributed by atoms with Gasteiger partial charge in [-0.05, 0) is 18.6 Å². The Hall–Kier alpha value is -1.62. The number of aryl methyl sites for hydroxylation is 1. The van der Waals surface area contributed by atoms with Crippen LogP contribution in [0.1, 0.15) is 15.2 Å². The molecule has 78 valence electrons.